The fourth-order valence-electron chi connectivity index (χ4n) is 3.68. The summed E-state index contributed by atoms with van der Waals surface area (Å²) in [6, 6.07) is 0. The third kappa shape index (κ3) is 7.62. The lowest BCUT2D eigenvalue weighted by atomic mass is 9.76. The highest BCUT2D eigenvalue weighted by Crippen LogP contribution is 2.32. The third-order valence-electron chi connectivity index (χ3n) is 5.10. The summed E-state index contributed by atoms with van der Waals surface area (Å²) in [5, 5.41) is 0. The maximum Gasteiger partial charge on any atom is 0.000451 e. The Balaban J connectivity index is 2.21. The first-order chi connectivity index (χ1) is 9.82. The molecule has 21 heavy (non-hydrogen) atoms. The summed E-state index contributed by atoms with van der Waals surface area (Å²) < 4.78 is 0. The van der Waals surface area contributed by atoms with E-state index in [-0.39, 0.29) is 0 Å². The van der Waals surface area contributed by atoms with E-state index in [1.807, 2.05) is 0 Å². The van der Waals surface area contributed by atoms with Gasteiger partial charge in [0.25, 0.3) is 0 Å². The molecular weight excluding hydrogens is 258 g/mol. The van der Waals surface area contributed by atoms with Crippen LogP contribution in [0.15, 0.2) is 0 Å². The molecule has 0 radical (unpaired) electrons. The van der Waals surface area contributed by atoms with Crippen LogP contribution in [0.3, 0.4) is 0 Å². The summed E-state index contributed by atoms with van der Waals surface area (Å²) in [5.41, 5.74) is 6.18. The molecule has 1 fully saturated rings. The molecule has 0 spiro atoms. The normalized spacial score (nSPS) is 20.1. The minimum Gasteiger partial charge on any atom is -0.330 e. The molecule has 3 heteroatoms. The monoisotopic (exact) mass is 297 g/mol. The summed E-state index contributed by atoms with van der Waals surface area (Å²) >= 11 is 0. The summed E-state index contributed by atoms with van der Waals surface area (Å²) in [6.07, 6.45) is 6.60. The number of piperidine rings is 1. The van der Waals surface area contributed by atoms with Crippen molar-refractivity contribution >= 4 is 0 Å². The van der Waals surface area contributed by atoms with Crippen LogP contribution in [0.1, 0.15) is 52.9 Å². The van der Waals surface area contributed by atoms with Crippen LogP contribution >= 0.6 is 0 Å². The lowest BCUT2D eigenvalue weighted by molar-refractivity contribution is 0.149. The topological polar surface area (TPSA) is 32.5 Å². The Bertz CT molecular complexity index is 262. The number of hydrogen-bond acceptors (Lipinski definition) is 3. The molecule has 0 amide bonds. The van der Waals surface area contributed by atoms with Gasteiger partial charge in [-0.25, -0.2) is 0 Å². The van der Waals surface area contributed by atoms with Gasteiger partial charge in [0, 0.05) is 6.54 Å². The van der Waals surface area contributed by atoms with Gasteiger partial charge in [-0.15, -0.1) is 0 Å². The fraction of sp³-hybridized carbons (Fsp3) is 1.00. The second-order valence-electron chi connectivity index (χ2n) is 8.33. The molecule has 1 saturated heterocycles. The SMILES string of the molecule is CN(C)CC1CCN(CCCC(CCN)C(C)(C)C)CC1. The van der Waals surface area contributed by atoms with E-state index in [1.165, 1.54) is 58.3 Å². The first-order valence-electron chi connectivity index (χ1n) is 8.90. The van der Waals surface area contributed by atoms with E-state index < -0.39 is 0 Å². The van der Waals surface area contributed by atoms with E-state index in [1.54, 1.807) is 0 Å². The number of rotatable bonds is 8. The second kappa shape index (κ2) is 9.12. The van der Waals surface area contributed by atoms with Gasteiger partial charge in [0.15, 0.2) is 0 Å². The van der Waals surface area contributed by atoms with Crippen molar-refractivity contribution in [1.29, 1.82) is 0 Å². The van der Waals surface area contributed by atoms with Gasteiger partial charge in [0.2, 0.25) is 0 Å². The Labute approximate surface area is 133 Å². The van der Waals surface area contributed by atoms with Crippen molar-refractivity contribution in [2.24, 2.45) is 23.0 Å². The lowest BCUT2D eigenvalue weighted by Crippen LogP contribution is -2.37. The van der Waals surface area contributed by atoms with Crippen LogP contribution in [0, 0.1) is 17.3 Å². The number of nitrogens with zero attached hydrogens (tertiary/aromatic N) is 2. The van der Waals surface area contributed by atoms with Crippen LogP contribution in [0.25, 0.3) is 0 Å². The smallest absolute Gasteiger partial charge is 0.000451 e. The minimum atomic E-state index is 0.401. The maximum atomic E-state index is 5.78. The Morgan fingerprint density at radius 3 is 2.24 bits per heavy atom. The molecule has 0 saturated carbocycles. The largest absolute Gasteiger partial charge is 0.330 e. The van der Waals surface area contributed by atoms with Gasteiger partial charge in [0.05, 0.1) is 0 Å². The Hall–Kier alpha value is -0.120. The number of hydrogen-bond donors (Lipinski definition) is 1. The third-order valence-corrected chi connectivity index (χ3v) is 5.10. The number of likely N-dealkylation sites (tertiary alicyclic amines) is 1. The molecule has 1 unspecified atom stereocenters. The highest BCUT2D eigenvalue weighted by atomic mass is 15.1. The highest BCUT2D eigenvalue weighted by molar-refractivity contribution is 4.77. The van der Waals surface area contributed by atoms with Crippen molar-refractivity contribution in [2.75, 3.05) is 46.8 Å². The van der Waals surface area contributed by atoms with Crippen LogP contribution in [-0.4, -0.2) is 56.6 Å². The molecule has 0 aromatic heterocycles. The van der Waals surface area contributed by atoms with E-state index in [0.717, 1.165) is 18.4 Å². The Kier molecular flexibility index (Phi) is 8.22. The minimum absolute atomic E-state index is 0.401. The zero-order valence-corrected chi connectivity index (χ0v) is 15.2. The van der Waals surface area contributed by atoms with Crippen molar-refractivity contribution in [3.05, 3.63) is 0 Å². The van der Waals surface area contributed by atoms with Crippen molar-refractivity contribution in [3.8, 4) is 0 Å². The van der Waals surface area contributed by atoms with Crippen molar-refractivity contribution in [3.63, 3.8) is 0 Å². The van der Waals surface area contributed by atoms with Gasteiger partial charge in [-0.2, -0.15) is 0 Å². The summed E-state index contributed by atoms with van der Waals surface area (Å²) in [5.74, 6) is 1.68. The zero-order valence-electron chi connectivity index (χ0n) is 15.2. The van der Waals surface area contributed by atoms with Gasteiger partial charge >= 0.3 is 0 Å². The van der Waals surface area contributed by atoms with E-state index >= 15 is 0 Å². The quantitative estimate of drug-likeness (QED) is 0.747. The molecule has 0 bridgehead atoms. The van der Waals surface area contributed by atoms with E-state index in [9.17, 15) is 0 Å². The molecule has 1 atom stereocenters. The van der Waals surface area contributed by atoms with Gasteiger partial charge in [-0.05, 0) is 89.6 Å². The molecule has 1 rings (SSSR count). The van der Waals surface area contributed by atoms with Gasteiger partial charge in [-0.1, -0.05) is 20.8 Å². The number of nitrogens with two attached hydrogens (primary N) is 1. The van der Waals surface area contributed by atoms with Gasteiger partial charge in [0.1, 0.15) is 0 Å². The van der Waals surface area contributed by atoms with E-state index in [4.69, 9.17) is 5.73 Å². The second-order valence-corrected chi connectivity index (χ2v) is 8.33. The van der Waals surface area contributed by atoms with Crippen LogP contribution in [0.5, 0.6) is 0 Å². The predicted octanol–water partition coefficient (Wildman–Crippen LogP) is 3.05. The predicted molar refractivity (Wildman–Crippen MR) is 93.6 cm³/mol. The lowest BCUT2D eigenvalue weighted by Gasteiger charge is -2.34. The highest BCUT2D eigenvalue weighted by Gasteiger charge is 2.24. The molecule has 1 aliphatic heterocycles. The van der Waals surface area contributed by atoms with Crippen LogP contribution in [-0.2, 0) is 0 Å². The van der Waals surface area contributed by atoms with Crippen LogP contribution < -0.4 is 5.73 Å². The summed E-state index contributed by atoms with van der Waals surface area (Å²) in [6.45, 7) is 13.1. The molecular formula is C18H39N3. The molecule has 1 heterocycles. The van der Waals surface area contributed by atoms with E-state index in [2.05, 4.69) is 44.7 Å². The van der Waals surface area contributed by atoms with Crippen molar-refractivity contribution in [2.45, 2.75) is 52.9 Å². The zero-order chi connectivity index (χ0) is 15.9. The molecule has 1 aliphatic rings. The van der Waals surface area contributed by atoms with Gasteiger partial charge in [-0.3, -0.25) is 0 Å². The molecule has 0 aromatic carbocycles. The maximum absolute atomic E-state index is 5.78. The summed E-state index contributed by atoms with van der Waals surface area (Å²) in [7, 11) is 4.38. The standard InChI is InChI=1S/C18H39N3/c1-18(2,3)17(8-11-19)7-6-12-21-13-9-16(10-14-21)15-20(4)5/h16-17H,6-15,19H2,1-5H3. The van der Waals surface area contributed by atoms with Crippen LogP contribution in [0.4, 0.5) is 0 Å². The van der Waals surface area contributed by atoms with E-state index in [0.29, 0.717) is 5.41 Å². The molecule has 3 nitrogen and oxygen atoms in total. The average molecular weight is 298 g/mol. The van der Waals surface area contributed by atoms with Crippen LogP contribution in [0.2, 0.25) is 0 Å². The molecule has 0 aromatic rings. The molecule has 2 N–H and O–H groups in total. The fourth-order valence-corrected chi connectivity index (χ4v) is 3.68. The summed E-state index contributed by atoms with van der Waals surface area (Å²) in [4.78, 5) is 5.01. The van der Waals surface area contributed by atoms with Gasteiger partial charge < -0.3 is 15.5 Å². The molecule has 126 valence electrons. The Morgan fingerprint density at radius 2 is 1.76 bits per heavy atom. The Morgan fingerprint density at radius 1 is 1.14 bits per heavy atom. The van der Waals surface area contributed by atoms with Crippen molar-refractivity contribution < 1.29 is 0 Å². The molecule has 0 aliphatic carbocycles. The van der Waals surface area contributed by atoms with Crippen molar-refractivity contribution in [1.82, 2.24) is 9.80 Å². The first kappa shape index (κ1) is 18.9. The average Bonchev–Trinajstić information content (AvgIpc) is 2.38. The first-order valence-corrected chi connectivity index (χ1v) is 8.90.